The van der Waals surface area contributed by atoms with Crippen molar-refractivity contribution in [2.45, 2.75) is 12.5 Å². The Bertz CT molecular complexity index is 702. The van der Waals surface area contributed by atoms with Crippen LogP contribution >= 0.6 is 11.3 Å². The van der Waals surface area contributed by atoms with Crippen molar-refractivity contribution in [1.82, 2.24) is 10.6 Å². The molecular weight excluding hydrogens is 310 g/mol. The SMILES string of the molecule is NC(=O)NC(CC(=O)NCC#Cc1ccccc1)c1cccs1. The molecule has 0 bridgehead atoms. The molecule has 0 aliphatic heterocycles. The maximum atomic E-state index is 12.0. The van der Waals surface area contributed by atoms with Gasteiger partial charge in [-0.05, 0) is 23.6 Å². The molecule has 0 spiro atoms. The lowest BCUT2D eigenvalue weighted by molar-refractivity contribution is -0.121. The molecule has 118 valence electrons. The highest BCUT2D eigenvalue weighted by Crippen LogP contribution is 2.21. The van der Waals surface area contributed by atoms with Gasteiger partial charge in [-0.3, -0.25) is 4.79 Å². The van der Waals surface area contributed by atoms with Gasteiger partial charge in [0.25, 0.3) is 0 Å². The van der Waals surface area contributed by atoms with Crippen molar-refractivity contribution < 1.29 is 9.59 Å². The zero-order valence-corrected chi connectivity index (χ0v) is 13.2. The zero-order chi connectivity index (χ0) is 16.5. The number of benzene rings is 1. The van der Waals surface area contributed by atoms with Gasteiger partial charge in [0.05, 0.1) is 19.0 Å². The number of hydrogen-bond donors (Lipinski definition) is 3. The highest BCUT2D eigenvalue weighted by molar-refractivity contribution is 7.10. The largest absolute Gasteiger partial charge is 0.352 e. The second-order valence-corrected chi connectivity index (χ2v) is 5.70. The first-order chi connectivity index (χ1) is 11.1. The predicted molar refractivity (Wildman–Crippen MR) is 90.7 cm³/mol. The van der Waals surface area contributed by atoms with E-state index in [1.165, 1.54) is 11.3 Å². The highest BCUT2D eigenvalue weighted by atomic mass is 32.1. The van der Waals surface area contributed by atoms with Gasteiger partial charge in [0.1, 0.15) is 0 Å². The molecule has 2 aromatic rings. The van der Waals surface area contributed by atoms with Crippen LogP contribution in [0.5, 0.6) is 0 Å². The van der Waals surface area contributed by atoms with Gasteiger partial charge in [0.2, 0.25) is 5.91 Å². The van der Waals surface area contributed by atoms with Crippen molar-refractivity contribution >= 4 is 23.3 Å². The van der Waals surface area contributed by atoms with Crippen molar-refractivity contribution in [3.05, 3.63) is 58.3 Å². The van der Waals surface area contributed by atoms with Crippen LogP contribution in [0.2, 0.25) is 0 Å². The van der Waals surface area contributed by atoms with Crippen LogP contribution in [0, 0.1) is 11.8 Å². The first kappa shape index (κ1) is 16.6. The van der Waals surface area contributed by atoms with Crippen LogP contribution in [0.1, 0.15) is 22.9 Å². The number of nitrogens with two attached hydrogens (primary N) is 1. The molecule has 2 rings (SSSR count). The van der Waals surface area contributed by atoms with Gasteiger partial charge in [-0.25, -0.2) is 4.79 Å². The summed E-state index contributed by atoms with van der Waals surface area (Å²) in [6.45, 7) is 0.251. The highest BCUT2D eigenvalue weighted by Gasteiger charge is 2.17. The monoisotopic (exact) mass is 327 g/mol. The summed E-state index contributed by atoms with van der Waals surface area (Å²) >= 11 is 1.46. The minimum absolute atomic E-state index is 0.121. The van der Waals surface area contributed by atoms with Gasteiger partial charge in [-0.15, -0.1) is 11.3 Å². The maximum absolute atomic E-state index is 12.0. The van der Waals surface area contributed by atoms with E-state index in [-0.39, 0.29) is 18.9 Å². The number of hydrogen-bond acceptors (Lipinski definition) is 3. The van der Waals surface area contributed by atoms with E-state index in [0.29, 0.717) is 0 Å². The smallest absolute Gasteiger partial charge is 0.312 e. The Morgan fingerprint density at radius 3 is 2.61 bits per heavy atom. The Morgan fingerprint density at radius 2 is 1.96 bits per heavy atom. The topological polar surface area (TPSA) is 84.2 Å². The van der Waals surface area contributed by atoms with Crippen molar-refractivity contribution in [3.63, 3.8) is 0 Å². The third kappa shape index (κ3) is 5.85. The van der Waals surface area contributed by atoms with Crippen LogP contribution in [-0.4, -0.2) is 18.5 Å². The molecule has 1 atom stereocenters. The Kier molecular flexibility index (Phi) is 6.21. The van der Waals surface area contributed by atoms with Crippen LogP contribution < -0.4 is 16.4 Å². The van der Waals surface area contributed by atoms with Gasteiger partial charge in [-0.2, -0.15) is 0 Å². The molecule has 3 amide bonds. The molecule has 4 N–H and O–H groups in total. The molecule has 6 heteroatoms. The average Bonchev–Trinajstić information content (AvgIpc) is 3.06. The predicted octanol–water partition coefficient (Wildman–Crippen LogP) is 2.02. The molecule has 1 aromatic heterocycles. The van der Waals surface area contributed by atoms with E-state index in [9.17, 15) is 9.59 Å². The van der Waals surface area contributed by atoms with E-state index < -0.39 is 12.1 Å². The Labute approximate surface area is 138 Å². The summed E-state index contributed by atoms with van der Waals surface area (Å²) in [7, 11) is 0. The van der Waals surface area contributed by atoms with Gasteiger partial charge in [0.15, 0.2) is 0 Å². The molecule has 1 heterocycles. The number of amides is 3. The molecule has 23 heavy (non-hydrogen) atoms. The fraction of sp³-hybridized carbons (Fsp3) is 0.176. The summed E-state index contributed by atoms with van der Waals surface area (Å²) in [6, 6.07) is 12.2. The molecule has 0 aliphatic carbocycles. The van der Waals surface area contributed by atoms with Crippen LogP contribution in [0.4, 0.5) is 4.79 Å². The second-order valence-electron chi connectivity index (χ2n) is 4.73. The lowest BCUT2D eigenvalue weighted by Crippen LogP contribution is -2.36. The van der Waals surface area contributed by atoms with Crippen molar-refractivity contribution in [2.24, 2.45) is 5.73 Å². The minimum atomic E-state index is -0.653. The number of carbonyl (C=O) groups excluding carboxylic acids is 2. The van der Waals surface area contributed by atoms with Crippen molar-refractivity contribution in [2.75, 3.05) is 6.54 Å². The molecule has 0 radical (unpaired) electrons. The van der Waals surface area contributed by atoms with Crippen molar-refractivity contribution in [3.8, 4) is 11.8 Å². The lowest BCUT2D eigenvalue weighted by atomic mass is 10.1. The molecule has 5 nitrogen and oxygen atoms in total. The molecule has 0 fully saturated rings. The first-order valence-electron chi connectivity index (χ1n) is 7.05. The number of primary amides is 1. The molecule has 0 saturated heterocycles. The van der Waals surface area contributed by atoms with E-state index in [2.05, 4.69) is 22.5 Å². The fourth-order valence-corrected chi connectivity index (χ4v) is 2.73. The molecular formula is C17H17N3O2S. The second kappa shape index (κ2) is 8.61. The molecule has 1 unspecified atom stereocenters. The third-order valence-electron chi connectivity index (χ3n) is 2.97. The quantitative estimate of drug-likeness (QED) is 0.734. The van der Waals surface area contributed by atoms with Crippen LogP contribution in [0.25, 0.3) is 0 Å². The molecule has 0 saturated carbocycles. The van der Waals surface area contributed by atoms with Gasteiger partial charge >= 0.3 is 6.03 Å². The number of carbonyl (C=O) groups is 2. The van der Waals surface area contributed by atoms with Gasteiger partial charge in [0, 0.05) is 10.4 Å². The average molecular weight is 327 g/mol. The summed E-state index contributed by atoms with van der Waals surface area (Å²) in [4.78, 5) is 23.9. The van der Waals surface area contributed by atoms with E-state index in [1.807, 2.05) is 47.8 Å². The Hall–Kier alpha value is -2.78. The minimum Gasteiger partial charge on any atom is -0.352 e. The van der Waals surface area contributed by atoms with E-state index in [0.717, 1.165) is 10.4 Å². The number of nitrogens with one attached hydrogen (secondary N) is 2. The van der Waals surface area contributed by atoms with E-state index >= 15 is 0 Å². The summed E-state index contributed by atoms with van der Waals surface area (Å²) < 4.78 is 0. The summed E-state index contributed by atoms with van der Waals surface area (Å²) in [6.07, 6.45) is 0.121. The number of thiophene rings is 1. The third-order valence-corrected chi connectivity index (χ3v) is 3.96. The summed E-state index contributed by atoms with van der Waals surface area (Å²) in [5.74, 6) is 5.66. The standard InChI is InChI=1S/C17H17N3O2S/c18-17(22)20-14(15-9-5-11-23-15)12-16(21)19-10-4-8-13-6-2-1-3-7-13/h1-3,5-7,9,11,14H,10,12H2,(H,19,21)(H3,18,20,22). The lowest BCUT2D eigenvalue weighted by Gasteiger charge is -2.15. The van der Waals surface area contributed by atoms with E-state index in [1.54, 1.807) is 0 Å². The van der Waals surface area contributed by atoms with Crippen LogP contribution in [-0.2, 0) is 4.79 Å². The first-order valence-corrected chi connectivity index (χ1v) is 7.93. The zero-order valence-electron chi connectivity index (χ0n) is 12.4. The maximum Gasteiger partial charge on any atom is 0.312 e. The van der Waals surface area contributed by atoms with Crippen LogP contribution in [0.15, 0.2) is 47.8 Å². The van der Waals surface area contributed by atoms with Gasteiger partial charge < -0.3 is 16.4 Å². The Balaban J connectivity index is 1.85. The summed E-state index contributed by atoms with van der Waals surface area (Å²) in [5.41, 5.74) is 6.06. The molecule has 0 aliphatic rings. The Morgan fingerprint density at radius 1 is 1.17 bits per heavy atom. The van der Waals surface area contributed by atoms with Gasteiger partial charge in [-0.1, -0.05) is 36.1 Å². The van der Waals surface area contributed by atoms with Crippen molar-refractivity contribution in [1.29, 1.82) is 0 Å². The number of urea groups is 1. The molecule has 1 aromatic carbocycles. The van der Waals surface area contributed by atoms with Crippen LogP contribution in [0.3, 0.4) is 0 Å². The van der Waals surface area contributed by atoms with E-state index in [4.69, 9.17) is 5.73 Å². The number of rotatable bonds is 5. The fourth-order valence-electron chi connectivity index (χ4n) is 1.95. The normalized spacial score (nSPS) is 11.0. The summed E-state index contributed by atoms with van der Waals surface area (Å²) in [5, 5.41) is 7.18.